The van der Waals surface area contributed by atoms with Crippen molar-refractivity contribution in [2.45, 2.75) is 0 Å². The highest BCUT2D eigenvalue weighted by molar-refractivity contribution is 6.20. The van der Waals surface area contributed by atoms with Gasteiger partial charge in [-0.3, -0.25) is 0 Å². The average Bonchev–Trinajstić information content (AvgIpc) is 3.35. The van der Waals surface area contributed by atoms with E-state index in [2.05, 4.69) is 254 Å². The number of hydrogen-bond donors (Lipinski definition) is 0. The van der Waals surface area contributed by atoms with Gasteiger partial charge in [0.05, 0.1) is 5.69 Å². The van der Waals surface area contributed by atoms with E-state index in [4.69, 9.17) is 0 Å². The Balaban J connectivity index is 1.03. The van der Waals surface area contributed by atoms with Gasteiger partial charge in [0, 0.05) is 16.9 Å². The van der Waals surface area contributed by atoms with Crippen molar-refractivity contribution in [2.24, 2.45) is 0 Å². The molecule has 0 amide bonds. The third-order valence-corrected chi connectivity index (χ3v) is 12.1. The minimum atomic E-state index is 1.09. The standard InChI is InChI=1S/C60H41N/c1-4-14-42(15-5-1)43-34-36-52(37-35-43)61(59-23-13-12-21-55(59)45-16-6-2-7-17-45)53-38-39-54(57(41-53)46-18-8-3-9-19-46)48-26-24-44(25-27-48)51-33-30-49-29-32-50-31-28-47-20-10-11-22-56(47)60(50)58(49)40-51/h1-41H. The molecule has 0 heterocycles. The van der Waals surface area contributed by atoms with Gasteiger partial charge < -0.3 is 4.90 Å². The highest BCUT2D eigenvalue weighted by atomic mass is 15.1. The first-order valence-electron chi connectivity index (χ1n) is 21.0. The molecule has 286 valence electrons. The SMILES string of the molecule is c1ccc(-c2ccc(N(c3ccc(-c4ccc(-c5ccc6ccc7ccc8ccccc8c7c6c5)cc4)c(-c4ccccc4)c3)c3ccccc3-c3ccccc3)cc2)cc1. The summed E-state index contributed by atoms with van der Waals surface area (Å²) in [5, 5.41) is 7.68. The normalized spacial score (nSPS) is 11.3. The van der Waals surface area contributed by atoms with Crippen molar-refractivity contribution >= 4 is 49.4 Å². The first-order valence-corrected chi connectivity index (χ1v) is 21.0. The second kappa shape index (κ2) is 15.6. The zero-order chi connectivity index (χ0) is 40.5. The van der Waals surface area contributed by atoms with Crippen LogP contribution in [0.25, 0.3) is 88.0 Å². The molecule has 0 bridgehead atoms. The molecule has 11 rings (SSSR count). The molecule has 0 radical (unpaired) electrons. The molecule has 0 N–H and O–H groups in total. The molecule has 0 saturated heterocycles. The number of anilines is 3. The molecule has 11 aromatic carbocycles. The van der Waals surface area contributed by atoms with Gasteiger partial charge in [0.15, 0.2) is 0 Å². The summed E-state index contributed by atoms with van der Waals surface area (Å²) < 4.78 is 0. The quantitative estimate of drug-likeness (QED) is 0.139. The van der Waals surface area contributed by atoms with Crippen LogP contribution in [-0.4, -0.2) is 0 Å². The lowest BCUT2D eigenvalue weighted by Crippen LogP contribution is -2.11. The van der Waals surface area contributed by atoms with E-state index < -0.39 is 0 Å². The predicted octanol–water partition coefficient (Wildman–Crippen LogP) is 17.0. The van der Waals surface area contributed by atoms with Crippen LogP contribution in [0, 0.1) is 0 Å². The van der Waals surface area contributed by atoms with Gasteiger partial charge >= 0.3 is 0 Å². The lowest BCUT2D eigenvalue weighted by Gasteiger charge is -2.29. The number of para-hydroxylation sites is 1. The second-order valence-electron chi connectivity index (χ2n) is 15.7. The molecule has 11 aromatic rings. The second-order valence-corrected chi connectivity index (χ2v) is 15.7. The lowest BCUT2D eigenvalue weighted by molar-refractivity contribution is 1.28. The van der Waals surface area contributed by atoms with Crippen LogP contribution in [0.4, 0.5) is 17.1 Å². The number of benzene rings is 11. The van der Waals surface area contributed by atoms with Gasteiger partial charge in [0.2, 0.25) is 0 Å². The van der Waals surface area contributed by atoms with Gasteiger partial charge in [0.1, 0.15) is 0 Å². The Kier molecular flexibility index (Phi) is 9.26. The average molecular weight is 776 g/mol. The van der Waals surface area contributed by atoms with E-state index in [0.29, 0.717) is 0 Å². The number of hydrogen-bond acceptors (Lipinski definition) is 1. The first kappa shape index (κ1) is 36.1. The third kappa shape index (κ3) is 6.83. The summed E-state index contributed by atoms with van der Waals surface area (Å²) in [6, 6.07) is 90.4. The maximum absolute atomic E-state index is 2.41. The van der Waals surface area contributed by atoms with Gasteiger partial charge in [-0.15, -0.1) is 0 Å². The Morgan fingerprint density at radius 2 is 0.689 bits per heavy atom. The van der Waals surface area contributed by atoms with Gasteiger partial charge in [0.25, 0.3) is 0 Å². The highest BCUT2D eigenvalue weighted by Crippen LogP contribution is 2.45. The number of fused-ring (bicyclic) bond motifs is 5. The Hall–Kier alpha value is -8.00. The summed E-state index contributed by atoms with van der Waals surface area (Å²) in [4.78, 5) is 2.41. The van der Waals surface area contributed by atoms with Gasteiger partial charge in [-0.2, -0.15) is 0 Å². The molecular formula is C60H41N. The minimum Gasteiger partial charge on any atom is -0.310 e. The summed E-state index contributed by atoms with van der Waals surface area (Å²) in [5.41, 5.74) is 15.2. The highest BCUT2D eigenvalue weighted by Gasteiger charge is 2.20. The van der Waals surface area contributed by atoms with Crippen molar-refractivity contribution in [1.82, 2.24) is 0 Å². The van der Waals surface area contributed by atoms with Gasteiger partial charge in [-0.05, 0) is 119 Å². The largest absolute Gasteiger partial charge is 0.310 e. The molecule has 0 aromatic heterocycles. The Labute approximate surface area is 357 Å². The van der Waals surface area contributed by atoms with Crippen LogP contribution < -0.4 is 4.90 Å². The van der Waals surface area contributed by atoms with E-state index in [1.54, 1.807) is 0 Å². The smallest absolute Gasteiger partial charge is 0.0540 e. The topological polar surface area (TPSA) is 3.24 Å². The van der Waals surface area contributed by atoms with Crippen LogP contribution in [0.3, 0.4) is 0 Å². The summed E-state index contributed by atoms with van der Waals surface area (Å²) >= 11 is 0. The fourth-order valence-corrected chi connectivity index (χ4v) is 9.02. The Bertz CT molecular complexity index is 3310. The van der Waals surface area contributed by atoms with Crippen LogP contribution in [-0.2, 0) is 0 Å². The summed E-state index contributed by atoms with van der Waals surface area (Å²) in [6.45, 7) is 0. The van der Waals surface area contributed by atoms with Crippen molar-refractivity contribution < 1.29 is 0 Å². The summed E-state index contributed by atoms with van der Waals surface area (Å²) in [6.07, 6.45) is 0. The Morgan fingerprint density at radius 1 is 0.230 bits per heavy atom. The Morgan fingerprint density at radius 3 is 1.41 bits per heavy atom. The van der Waals surface area contributed by atoms with Gasteiger partial charge in [-0.1, -0.05) is 212 Å². The molecule has 1 nitrogen and oxygen atoms in total. The van der Waals surface area contributed by atoms with Crippen molar-refractivity contribution in [3.05, 3.63) is 249 Å². The molecule has 0 unspecified atom stereocenters. The van der Waals surface area contributed by atoms with Crippen molar-refractivity contribution in [3.8, 4) is 55.6 Å². The molecule has 0 atom stereocenters. The summed E-state index contributed by atoms with van der Waals surface area (Å²) in [5.74, 6) is 0. The molecule has 0 spiro atoms. The van der Waals surface area contributed by atoms with Crippen molar-refractivity contribution in [1.29, 1.82) is 0 Å². The van der Waals surface area contributed by atoms with E-state index in [1.807, 2.05) is 0 Å². The van der Waals surface area contributed by atoms with Crippen LogP contribution >= 0.6 is 0 Å². The molecular weight excluding hydrogens is 735 g/mol. The first-order chi connectivity index (χ1) is 30.2. The van der Waals surface area contributed by atoms with Crippen LogP contribution in [0.2, 0.25) is 0 Å². The zero-order valence-electron chi connectivity index (χ0n) is 33.6. The van der Waals surface area contributed by atoms with E-state index >= 15 is 0 Å². The van der Waals surface area contributed by atoms with E-state index in [9.17, 15) is 0 Å². The maximum Gasteiger partial charge on any atom is 0.0540 e. The maximum atomic E-state index is 2.41. The zero-order valence-corrected chi connectivity index (χ0v) is 33.6. The molecule has 61 heavy (non-hydrogen) atoms. The van der Waals surface area contributed by atoms with Crippen molar-refractivity contribution in [3.63, 3.8) is 0 Å². The third-order valence-electron chi connectivity index (χ3n) is 12.1. The van der Waals surface area contributed by atoms with E-state index in [0.717, 1.165) is 17.1 Å². The number of rotatable bonds is 8. The predicted molar refractivity (Wildman–Crippen MR) is 261 cm³/mol. The van der Waals surface area contributed by atoms with Crippen LogP contribution in [0.1, 0.15) is 0 Å². The van der Waals surface area contributed by atoms with E-state index in [1.165, 1.54) is 88.0 Å². The van der Waals surface area contributed by atoms with Crippen LogP contribution in [0.15, 0.2) is 249 Å². The van der Waals surface area contributed by atoms with Crippen LogP contribution in [0.5, 0.6) is 0 Å². The molecule has 0 aliphatic carbocycles. The molecule has 0 aliphatic rings. The lowest BCUT2D eigenvalue weighted by atomic mass is 9.91. The summed E-state index contributed by atoms with van der Waals surface area (Å²) in [7, 11) is 0. The molecule has 0 fully saturated rings. The number of nitrogens with zero attached hydrogens (tertiary/aromatic N) is 1. The molecule has 0 saturated carbocycles. The fourth-order valence-electron chi connectivity index (χ4n) is 9.02. The van der Waals surface area contributed by atoms with Gasteiger partial charge in [-0.25, -0.2) is 0 Å². The molecule has 1 heteroatoms. The monoisotopic (exact) mass is 775 g/mol. The van der Waals surface area contributed by atoms with E-state index in [-0.39, 0.29) is 0 Å². The van der Waals surface area contributed by atoms with Crippen molar-refractivity contribution in [2.75, 3.05) is 4.90 Å². The molecule has 0 aliphatic heterocycles. The minimum absolute atomic E-state index is 1.09. The fraction of sp³-hybridized carbons (Fsp3) is 0.